The Hall–Kier alpha value is -2.17. The fourth-order valence-corrected chi connectivity index (χ4v) is 1.70. The first-order valence-corrected chi connectivity index (χ1v) is 5.04. The summed E-state index contributed by atoms with van der Waals surface area (Å²) in [6.07, 6.45) is 7.08. The number of halogens is 1. The SMILES string of the molecule is Cn1c2c(c(=O)n(C)c1=O)\C=C/C=C\C(F)=C/2. The Balaban J connectivity index is 2.95. The number of nitrogens with zero attached hydrogens (tertiary/aromatic N) is 2. The first-order chi connectivity index (χ1) is 8.02. The van der Waals surface area contributed by atoms with Gasteiger partial charge in [-0.1, -0.05) is 12.2 Å². The minimum Gasteiger partial charge on any atom is -0.296 e. The van der Waals surface area contributed by atoms with Gasteiger partial charge in [-0.05, 0) is 18.2 Å². The van der Waals surface area contributed by atoms with Crippen LogP contribution in [-0.4, -0.2) is 9.13 Å². The molecule has 0 aromatic carbocycles. The van der Waals surface area contributed by atoms with Crippen LogP contribution in [0.3, 0.4) is 0 Å². The standard InChI is InChI=1S/C12H11FN2O2/c1-14-10-7-8(13)5-3-4-6-9(10)11(16)15(2)12(14)17/h3-7H,1-2H3/b4-3?,5-3-,6-4-,8-5?,8-7+,9-6?,10-7?. The van der Waals surface area contributed by atoms with E-state index in [-0.39, 0.29) is 5.69 Å². The van der Waals surface area contributed by atoms with Crippen LogP contribution in [0.5, 0.6) is 0 Å². The van der Waals surface area contributed by atoms with E-state index in [1.165, 1.54) is 36.9 Å². The summed E-state index contributed by atoms with van der Waals surface area (Å²) in [5, 5.41) is 0. The summed E-state index contributed by atoms with van der Waals surface area (Å²) in [5.41, 5.74) is -0.334. The van der Waals surface area contributed by atoms with E-state index in [4.69, 9.17) is 0 Å². The van der Waals surface area contributed by atoms with Crippen molar-refractivity contribution in [2.45, 2.75) is 0 Å². The summed E-state index contributed by atoms with van der Waals surface area (Å²) in [6, 6.07) is 0. The van der Waals surface area contributed by atoms with Gasteiger partial charge < -0.3 is 0 Å². The van der Waals surface area contributed by atoms with Crippen molar-refractivity contribution in [1.82, 2.24) is 9.13 Å². The second kappa shape index (κ2) is 4.01. The molecule has 0 unspecified atom stereocenters. The highest BCUT2D eigenvalue weighted by molar-refractivity contribution is 5.66. The fraction of sp³-hybridized carbons (Fsp3) is 0.167. The van der Waals surface area contributed by atoms with Gasteiger partial charge in [0.05, 0.1) is 11.3 Å². The Bertz CT molecular complexity index is 675. The van der Waals surface area contributed by atoms with Crippen molar-refractivity contribution >= 4 is 12.2 Å². The van der Waals surface area contributed by atoms with E-state index in [1.54, 1.807) is 12.2 Å². The lowest BCUT2D eigenvalue weighted by molar-refractivity contribution is 0.660. The second-order valence-corrected chi connectivity index (χ2v) is 3.75. The summed E-state index contributed by atoms with van der Waals surface area (Å²) in [5.74, 6) is -0.501. The van der Waals surface area contributed by atoms with E-state index < -0.39 is 17.1 Å². The molecule has 17 heavy (non-hydrogen) atoms. The second-order valence-electron chi connectivity index (χ2n) is 3.75. The van der Waals surface area contributed by atoms with Crippen LogP contribution in [0.1, 0.15) is 11.3 Å². The molecule has 0 radical (unpaired) electrons. The number of hydrogen-bond acceptors (Lipinski definition) is 2. The first kappa shape index (κ1) is 11.3. The zero-order chi connectivity index (χ0) is 12.6. The number of hydrogen-bond donors (Lipinski definition) is 0. The number of fused-ring (bicyclic) bond motifs is 1. The maximum Gasteiger partial charge on any atom is 0.330 e. The molecule has 1 aliphatic carbocycles. The molecule has 0 fully saturated rings. The Morgan fingerprint density at radius 1 is 1.06 bits per heavy atom. The highest BCUT2D eigenvalue weighted by Crippen LogP contribution is 2.14. The minimum atomic E-state index is -0.501. The molecule has 0 amide bonds. The summed E-state index contributed by atoms with van der Waals surface area (Å²) in [7, 11) is 2.90. The molecule has 1 aromatic rings. The van der Waals surface area contributed by atoms with Crippen LogP contribution in [0.2, 0.25) is 0 Å². The zero-order valence-electron chi connectivity index (χ0n) is 9.48. The van der Waals surface area contributed by atoms with E-state index in [2.05, 4.69) is 0 Å². The quantitative estimate of drug-likeness (QED) is 0.671. The van der Waals surface area contributed by atoms with Crippen molar-refractivity contribution in [3.05, 3.63) is 56.2 Å². The van der Waals surface area contributed by atoms with Crippen molar-refractivity contribution in [2.75, 3.05) is 0 Å². The van der Waals surface area contributed by atoms with Gasteiger partial charge in [0.25, 0.3) is 5.56 Å². The van der Waals surface area contributed by atoms with Crippen molar-refractivity contribution in [1.29, 1.82) is 0 Å². The largest absolute Gasteiger partial charge is 0.330 e. The Morgan fingerprint density at radius 2 is 1.71 bits per heavy atom. The molecular formula is C12H11FN2O2. The van der Waals surface area contributed by atoms with Gasteiger partial charge in [0.15, 0.2) is 0 Å². The van der Waals surface area contributed by atoms with Crippen LogP contribution in [-0.2, 0) is 14.1 Å². The molecule has 0 N–H and O–H groups in total. The number of rotatable bonds is 0. The molecule has 88 valence electrons. The van der Waals surface area contributed by atoms with E-state index in [0.717, 1.165) is 4.57 Å². The van der Waals surface area contributed by atoms with Gasteiger partial charge in [-0.25, -0.2) is 9.18 Å². The average molecular weight is 234 g/mol. The van der Waals surface area contributed by atoms with Crippen LogP contribution in [0.25, 0.3) is 12.2 Å². The normalized spacial score (nSPS) is 20.8. The summed E-state index contributed by atoms with van der Waals surface area (Å²) >= 11 is 0. The highest BCUT2D eigenvalue weighted by atomic mass is 19.1. The van der Waals surface area contributed by atoms with Gasteiger partial charge >= 0.3 is 5.69 Å². The lowest BCUT2D eigenvalue weighted by atomic mass is 10.1. The van der Waals surface area contributed by atoms with Crippen molar-refractivity contribution < 1.29 is 4.39 Å². The Kier molecular flexibility index (Phi) is 2.67. The molecule has 0 saturated heterocycles. The van der Waals surface area contributed by atoms with Gasteiger partial charge in [-0.15, -0.1) is 0 Å². The maximum atomic E-state index is 13.4. The van der Waals surface area contributed by atoms with Crippen LogP contribution in [0.15, 0.2) is 33.6 Å². The zero-order valence-corrected chi connectivity index (χ0v) is 9.48. The van der Waals surface area contributed by atoms with Crippen LogP contribution in [0, 0.1) is 0 Å². The number of aromatic nitrogens is 2. The molecule has 0 spiro atoms. The molecule has 0 aliphatic heterocycles. The van der Waals surface area contributed by atoms with E-state index in [1.807, 2.05) is 0 Å². The predicted molar refractivity (Wildman–Crippen MR) is 64.2 cm³/mol. The molecule has 0 bridgehead atoms. The van der Waals surface area contributed by atoms with E-state index in [9.17, 15) is 14.0 Å². The van der Waals surface area contributed by atoms with Crippen LogP contribution < -0.4 is 11.2 Å². The molecule has 1 aromatic heterocycles. The monoisotopic (exact) mass is 234 g/mol. The van der Waals surface area contributed by atoms with Crippen molar-refractivity contribution in [3.63, 3.8) is 0 Å². The van der Waals surface area contributed by atoms with Gasteiger partial charge in [0.2, 0.25) is 0 Å². The van der Waals surface area contributed by atoms with Gasteiger partial charge in [0, 0.05) is 14.1 Å². The third-order valence-corrected chi connectivity index (χ3v) is 2.65. The molecule has 1 aliphatic rings. The molecule has 4 nitrogen and oxygen atoms in total. The van der Waals surface area contributed by atoms with Crippen molar-refractivity contribution in [3.8, 4) is 0 Å². The Labute approximate surface area is 96.6 Å². The molecule has 2 rings (SSSR count). The summed E-state index contributed by atoms with van der Waals surface area (Å²) in [6.45, 7) is 0. The molecular weight excluding hydrogens is 223 g/mol. The third-order valence-electron chi connectivity index (χ3n) is 2.65. The van der Waals surface area contributed by atoms with Gasteiger partial charge in [0.1, 0.15) is 5.83 Å². The Morgan fingerprint density at radius 3 is 2.41 bits per heavy atom. The average Bonchev–Trinajstić information content (AvgIpc) is 2.29. The lowest BCUT2D eigenvalue weighted by Crippen LogP contribution is -2.39. The van der Waals surface area contributed by atoms with Crippen molar-refractivity contribution in [2.24, 2.45) is 14.1 Å². The van der Waals surface area contributed by atoms with Gasteiger partial charge in [-0.3, -0.25) is 13.9 Å². The smallest absolute Gasteiger partial charge is 0.296 e. The summed E-state index contributed by atoms with van der Waals surface area (Å²) in [4.78, 5) is 23.6. The van der Waals surface area contributed by atoms with Crippen LogP contribution in [0.4, 0.5) is 4.39 Å². The molecule has 1 heterocycles. The fourth-order valence-electron chi connectivity index (χ4n) is 1.70. The highest BCUT2D eigenvalue weighted by Gasteiger charge is 2.12. The molecule has 0 atom stereocenters. The number of allylic oxidation sites excluding steroid dienone is 4. The topological polar surface area (TPSA) is 44.0 Å². The van der Waals surface area contributed by atoms with E-state index >= 15 is 0 Å². The van der Waals surface area contributed by atoms with E-state index in [0.29, 0.717) is 5.56 Å². The minimum absolute atomic E-state index is 0.274. The first-order valence-electron chi connectivity index (χ1n) is 5.04. The lowest BCUT2D eigenvalue weighted by Gasteiger charge is -2.10. The predicted octanol–water partition coefficient (Wildman–Crippen LogP) is 0.977. The van der Waals surface area contributed by atoms with Gasteiger partial charge in [-0.2, -0.15) is 0 Å². The summed E-state index contributed by atoms with van der Waals surface area (Å²) < 4.78 is 15.6. The third kappa shape index (κ3) is 1.80. The van der Waals surface area contributed by atoms with Crippen LogP contribution >= 0.6 is 0 Å². The molecule has 0 saturated carbocycles. The molecule has 5 heteroatoms. The maximum absolute atomic E-state index is 13.4.